The Balaban J connectivity index is 1.88. The molecule has 1 aromatic heterocycles. The normalized spacial score (nSPS) is 26.7. The highest BCUT2D eigenvalue weighted by atomic mass is 35.5. The molecule has 18 heavy (non-hydrogen) atoms. The Morgan fingerprint density at radius 2 is 2.28 bits per heavy atom. The summed E-state index contributed by atoms with van der Waals surface area (Å²) in [7, 11) is 1.65. The highest BCUT2D eigenvalue weighted by molar-refractivity contribution is 6.21. The zero-order chi connectivity index (χ0) is 13.0. The zero-order valence-electron chi connectivity index (χ0n) is 10.6. The number of aryl methyl sites for hydroxylation is 1. The van der Waals surface area contributed by atoms with Gasteiger partial charge in [0.05, 0.1) is 24.3 Å². The summed E-state index contributed by atoms with van der Waals surface area (Å²) in [4.78, 5) is 4.19. The van der Waals surface area contributed by atoms with Crippen LogP contribution < -0.4 is 4.74 Å². The summed E-state index contributed by atoms with van der Waals surface area (Å²) in [6.07, 6.45) is 2.49. The summed E-state index contributed by atoms with van der Waals surface area (Å²) in [6.45, 7) is 3.03. The molecule has 1 fully saturated rings. The van der Waals surface area contributed by atoms with Crippen LogP contribution in [-0.4, -0.2) is 42.9 Å². The molecule has 4 nitrogen and oxygen atoms in total. The van der Waals surface area contributed by atoms with E-state index >= 15 is 0 Å². The summed E-state index contributed by atoms with van der Waals surface area (Å²) < 4.78 is 16.5. The fourth-order valence-corrected chi connectivity index (χ4v) is 2.29. The maximum atomic E-state index is 6.13. The quantitative estimate of drug-likeness (QED) is 0.587. The van der Waals surface area contributed by atoms with Crippen LogP contribution in [0, 0.1) is 6.92 Å². The molecule has 1 aliphatic rings. The second-order valence-electron chi connectivity index (χ2n) is 4.32. The highest BCUT2D eigenvalue weighted by Gasteiger charge is 2.43. The Bertz CT molecular complexity index is 388. The topological polar surface area (TPSA) is 40.6 Å². The van der Waals surface area contributed by atoms with E-state index < -0.39 is 0 Å². The summed E-state index contributed by atoms with van der Waals surface area (Å²) in [6, 6.07) is 3.77. The molecular weight excluding hydrogens is 254 g/mol. The van der Waals surface area contributed by atoms with Gasteiger partial charge in [-0.15, -0.1) is 11.6 Å². The molecule has 0 aromatic carbocycles. The van der Waals surface area contributed by atoms with Gasteiger partial charge in [0, 0.05) is 19.7 Å². The van der Waals surface area contributed by atoms with E-state index in [1.54, 1.807) is 13.3 Å². The fraction of sp³-hybridized carbons (Fsp3) is 0.615. The lowest BCUT2D eigenvalue weighted by molar-refractivity contribution is -0.0901. The van der Waals surface area contributed by atoms with Crippen molar-refractivity contribution in [2.45, 2.75) is 30.9 Å². The number of nitrogens with zero attached hydrogens (tertiary/aromatic N) is 1. The van der Waals surface area contributed by atoms with Gasteiger partial charge in [0.2, 0.25) is 0 Å². The number of pyridine rings is 1. The van der Waals surface area contributed by atoms with Crippen molar-refractivity contribution in [2.24, 2.45) is 0 Å². The van der Waals surface area contributed by atoms with E-state index in [2.05, 4.69) is 4.98 Å². The molecule has 0 amide bonds. The van der Waals surface area contributed by atoms with Gasteiger partial charge in [-0.3, -0.25) is 4.98 Å². The average molecular weight is 272 g/mol. The standard InChI is InChI=1S/C13H18ClNO3/c1-9-11(4-3-5-15-9)18-12-8-10(14)13(12)17-7-6-16-2/h3-5,10,12-13H,6-8H2,1-2H3. The first kappa shape index (κ1) is 13.6. The van der Waals surface area contributed by atoms with Crippen LogP contribution in [0.4, 0.5) is 0 Å². The molecule has 0 bridgehead atoms. The van der Waals surface area contributed by atoms with Gasteiger partial charge in [-0.05, 0) is 19.1 Å². The van der Waals surface area contributed by atoms with E-state index in [4.69, 9.17) is 25.8 Å². The van der Waals surface area contributed by atoms with Crippen molar-refractivity contribution < 1.29 is 14.2 Å². The Morgan fingerprint density at radius 1 is 1.44 bits per heavy atom. The molecule has 1 saturated carbocycles. The Labute approximate surface area is 112 Å². The minimum atomic E-state index is -0.0681. The van der Waals surface area contributed by atoms with E-state index in [1.807, 2.05) is 19.1 Å². The second-order valence-corrected chi connectivity index (χ2v) is 4.88. The van der Waals surface area contributed by atoms with Gasteiger partial charge in [0.15, 0.2) is 0 Å². The maximum Gasteiger partial charge on any atom is 0.141 e. The van der Waals surface area contributed by atoms with Crippen molar-refractivity contribution in [3.63, 3.8) is 0 Å². The van der Waals surface area contributed by atoms with Crippen molar-refractivity contribution in [3.8, 4) is 5.75 Å². The lowest BCUT2D eigenvalue weighted by Crippen LogP contribution is -2.53. The van der Waals surface area contributed by atoms with Gasteiger partial charge in [-0.1, -0.05) is 0 Å². The van der Waals surface area contributed by atoms with Crippen molar-refractivity contribution in [1.29, 1.82) is 0 Å². The van der Waals surface area contributed by atoms with Crippen molar-refractivity contribution in [1.82, 2.24) is 4.98 Å². The molecule has 0 aliphatic heterocycles. The molecule has 5 heteroatoms. The van der Waals surface area contributed by atoms with Gasteiger partial charge in [-0.2, -0.15) is 0 Å². The summed E-state index contributed by atoms with van der Waals surface area (Å²) in [5, 5.41) is 0.0174. The number of rotatable bonds is 6. The van der Waals surface area contributed by atoms with Gasteiger partial charge < -0.3 is 14.2 Å². The number of alkyl halides is 1. The number of hydrogen-bond donors (Lipinski definition) is 0. The van der Waals surface area contributed by atoms with Crippen molar-refractivity contribution >= 4 is 11.6 Å². The number of aromatic nitrogens is 1. The monoisotopic (exact) mass is 271 g/mol. The van der Waals surface area contributed by atoms with Crippen LogP contribution in [-0.2, 0) is 9.47 Å². The van der Waals surface area contributed by atoms with Gasteiger partial charge in [0.25, 0.3) is 0 Å². The van der Waals surface area contributed by atoms with Crippen molar-refractivity contribution in [2.75, 3.05) is 20.3 Å². The number of methoxy groups -OCH3 is 1. The molecule has 3 atom stereocenters. The van der Waals surface area contributed by atoms with E-state index in [-0.39, 0.29) is 17.6 Å². The maximum absolute atomic E-state index is 6.13. The summed E-state index contributed by atoms with van der Waals surface area (Å²) in [5.74, 6) is 0.798. The Hall–Kier alpha value is -0.840. The first-order chi connectivity index (χ1) is 8.72. The number of halogens is 1. The first-order valence-electron chi connectivity index (χ1n) is 6.05. The van der Waals surface area contributed by atoms with Gasteiger partial charge in [0.1, 0.15) is 18.0 Å². The number of hydrogen-bond acceptors (Lipinski definition) is 4. The Kier molecular flexibility index (Phi) is 4.80. The molecule has 100 valence electrons. The third kappa shape index (κ3) is 3.13. The minimum absolute atomic E-state index is 0.00672. The molecule has 0 spiro atoms. The minimum Gasteiger partial charge on any atom is -0.486 e. The summed E-state index contributed by atoms with van der Waals surface area (Å²) >= 11 is 6.13. The van der Waals surface area contributed by atoms with Crippen LogP contribution >= 0.6 is 11.6 Å². The molecule has 1 heterocycles. The Morgan fingerprint density at radius 3 is 2.94 bits per heavy atom. The largest absolute Gasteiger partial charge is 0.486 e. The van der Waals surface area contributed by atoms with Crippen LogP contribution in [0.2, 0.25) is 0 Å². The van der Waals surface area contributed by atoms with Crippen LogP contribution in [0.5, 0.6) is 5.75 Å². The number of ether oxygens (including phenoxy) is 3. The summed E-state index contributed by atoms with van der Waals surface area (Å²) in [5.41, 5.74) is 0.881. The van der Waals surface area contributed by atoms with Gasteiger partial charge in [-0.25, -0.2) is 0 Å². The third-order valence-electron chi connectivity index (χ3n) is 3.01. The molecule has 1 aliphatic carbocycles. The fourth-order valence-electron chi connectivity index (χ4n) is 1.88. The molecule has 2 rings (SSSR count). The smallest absolute Gasteiger partial charge is 0.141 e. The molecular formula is C13H18ClNO3. The zero-order valence-corrected chi connectivity index (χ0v) is 11.4. The molecule has 0 saturated heterocycles. The van der Waals surface area contributed by atoms with Crippen LogP contribution in [0.25, 0.3) is 0 Å². The predicted molar refractivity (Wildman–Crippen MR) is 69.3 cm³/mol. The van der Waals surface area contributed by atoms with Crippen LogP contribution in [0.15, 0.2) is 18.3 Å². The lowest BCUT2D eigenvalue weighted by atomic mass is 9.91. The second kappa shape index (κ2) is 6.36. The van der Waals surface area contributed by atoms with E-state index in [9.17, 15) is 0 Å². The predicted octanol–water partition coefficient (Wildman–Crippen LogP) is 2.18. The average Bonchev–Trinajstić information content (AvgIpc) is 2.36. The van der Waals surface area contributed by atoms with E-state index in [0.717, 1.165) is 17.9 Å². The molecule has 1 aromatic rings. The van der Waals surface area contributed by atoms with Gasteiger partial charge >= 0.3 is 0 Å². The van der Waals surface area contributed by atoms with Crippen molar-refractivity contribution in [3.05, 3.63) is 24.0 Å². The lowest BCUT2D eigenvalue weighted by Gasteiger charge is -2.40. The van der Waals surface area contributed by atoms with E-state index in [0.29, 0.717) is 13.2 Å². The SMILES string of the molecule is COCCOC1C(Cl)CC1Oc1cccnc1C. The first-order valence-corrected chi connectivity index (χ1v) is 6.49. The van der Waals surface area contributed by atoms with Crippen LogP contribution in [0.1, 0.15) is 12.1 Å². The van der Waals surface area contributed by atoms with Crippen LogP contribution in [0.3, 0.4) is 0 Å². The highest BCUT2D eigenvalue weighted by Crippen LogP contribution is 2.33. The molecule has 0 radical (unpaired) electrons. The molecule has 3 unspecified atom stereocenters. The third-order valence-corrected chi connectivity index (χ3v) is 3.44. The molecule has 0 N–H and O–H groups in total. The van der Waals surface area contributed by atoms with E-state index in [1.165, 1.54) is 0 Å².